The van der Waals surface area contributed by atoms with Crippen LogP contribution in [0.2, 0.25) is 0 Å². The Balaban J connectivity index is 2.34. The molecule has 0 fully saturated rings. The third-order valence-electron chi connectivity index (χ3n) is 2.13. The molecule has 1 aliphatic heterocycles. The molecule has 5 nitrogen and oxygen atoms in total. The Kier molecular flexibility index (Phi) is 4.51. The molecule has 15 heavy (non-hydrogen) atoms. The second-order valence-corrected chi connectivity index (χ2v) is 3.14. The van der Waals surface area contributed by atoms with Gasteiger partial charge in [-0.1, -0.05) is 11.1 Å². The highest BCUT2D eigenvalue weighted by Gasteiger charge is 2.21. The van der Waals surface area contributed by atoms with Crippen LogP contribution in [0.4, 0.5) is 0 Å². The van der Waals surface area contributed by atoms with Crippen LogP contribution in [0.3, 0.4) is 0 Å². The summed E-state index contributed by atoms with van der Waals surface area (Å²) in [7, 11) is 1.91. The highest BCUT2D eigenvalue weighted by atomic mass is 16.5. The van der Waals surface area contributed by atoms with Crippen molar-refractivity contribution in [3.05, 3.63) is 12.4 Å². The van der Waals surface area contributed by atoms with E-state index in [1.165, 1.54) is 6.21 Å². The SMILES string of the molecule is C#CCOCCN1C=CN(C)C1/C=N\O. The van der Waals surface area contributed by atoms with Crippen LogP contribution >= 0.6 is 0 Å². The summed E-state index contributed by atoms with van der Waals surface area (Å²) in [4.78, 5) is 3.93. The minimum absolute atomic E-state index is 0.0514. The first-order chi connectivity index (χ1) is 7.29. The molecule has 0 bridgehead atoms. The standard InChI is InChI=1S/C10H15N3O2/c1-3-7-15-8-6-13-5-4-12(2)10(13)9-11-14/h1,4-5,9-10,14H,6-8H2,2H3/b11-9-. The fourth-order valence-electron chi connectivity index (χ4n) is 1.36. The van der Waals surface area contributed by atoms with E-state index in [0.29, 0.717) is 19.8 Å². The van der Waals surface area contributed by atoms with Crippen molar-refractivity contribution >= 4 is 6.21 Å². The lowest BCUT2D eigenvalue weighted by molar-refractivity contribution is 0.127. The third kappa shape index (κ3) is 3.18. The minimum atomic E-state index is -0.0514. The van der Waals surface area contributed by atoms with Crippen molar-refractivity contribution in [3.63, 3.8) is 0 Å². The molecule has 1 aliphatic rings. The summed E-state index contributed by atoms with van der Waals surface area (Å²) in [6.07, 6.45) is 10.3. The first-order valence-corrected chi connectivity index (χ1v) is 4.64. The van der Waals surface area contributed by atoms with Crippen LogP contribution in [0, 0.1) is 12.3 Å². The molecule has 1 rings (SSSR count). The largest absolute Gasteiger partial charge is 0.411 e. The second-order valence-electron chi connectivity index (χ2n) is 3.14. The first kappa shape index (κ1) is 11.4. The van der Waals surface area contributed by atoms with Gasteiger partial charge in [0.2, 0.25) is 0 Å². The number of terminal acetylenes is 1. The van der Waals surface area contributed by atoms with Crippen LogP contribution in [0.15, 0.2) is 17.6 Å². The molecule has 0 saturated carbocycles. The van der Waals surface area contributed by atoms with Gasteiger partial charge in [0.25, 0.3) is 0 Å². The van der Waals surface area contributed by atoms with Gasteiger partial charge in [-0.05, 0) is 0 Å². The van der Waals surface area contributed by atoms with Gasteiger partial charge in [0.05, 0.1) is 12.8 Å². The van der Waals surface area contributed by atoms with Crippen molar-refractivity contribution in [3.8, 4) is 12.3 Å². The first-order valence-electron chi connectivity index (χ1n) is 4.64. The number of rotatable bonds is 5. The monoisotopic (exact) mass is 209 g/mol. The average molecular weight is 209 g/mol. The molecular formula is C10H15N3O2. The Morgan fingerprint density at radius 1 is 1.67 bits per heavy atom. The smallest absolute Gasteiger partial charge is 0.141 e. The molecule has 0 radical (unpaired) electrons. The fourth-order valence-corrected chi connectivity index (χ4v) is 1.36. The van der Waals surface area contributed by atoms with Crippen molar-refractivity contribution in [2.45, 2.75) is 6.17 Å². The van der Waals surface area contributed by atoms with E-state index in [1.807, 2.05) is 29.2 Å². The summed E-state index contributed by atoms with van der Waals surface area (Å²) in [5, 5.41) is 11.5. The van der Waals surface area contributed by atoms with Crippen LogP contribution in [-0.4, -0.2) is 54.2 Å². The number of oxime groups is 1. The van der Waals surface area contributed by atoms with Crippen molar-refractivity contribution in [1.82, 2.24) is 9.80 Å². The van der Waals surface area contributed by atoms with Crippen molar-refractivity contribution in [2.75, 3.05) is 26.8 Å². The van der Waals surface area contributed by atoms with Crippen LogP contribution in [0.5, 0.6) is 0 Å². The Hall–Kier alpha value is -1.67. The number of hydrogen-bond acceptors (Lipinski definition) is 5. The zero-order valence-electron chi connectivity index (χ0n) is 8.71. The lowest BCUT2D eigenvalue weighted by atomic mass is 10.4. The van der Waals surface area contributed by atoms with E-state index in [9.17, 15) is 0 Å². The van der Waals surface area contributed by atoms with Crippen LogP contribution < -0.4 is 0 Å². The highest BCUT2D eigenvalue weighted by Crippen LogP contribution is 2.11. The van der Waals surface area contributed by atoms with E-state index < -0.39 is 0 Å². The van der Waals surface area contributed by atoms with Crippen LogP contribution in [0.25, 0.3) is 0 Å². The molecule has 1 N–H and O–H groups in total. The van der Waals surface area contributed by atoms with Crippen molar-refractivity contribution < 1.29 is 9.94 Å². The molecule has 0 aromatic heterocycles. The number of hydrogen-bond donors (Lipinski definition) is 1. The lowest BCUT2D eigenvalue weighted by Crippen LogP contribution is -2.39. The van der Waals surface area contributed by atoms with E-state index in [2.05, 4.69) is 11.1 Å². The third-order valence-corrected chi connectivity index (χ3v) is 2.13. The fraction of sp³-hybridized carbons (Fsp3) is 0.500. The molecule has 1 atom stereocenters. The van der Waals surface area contributed by atoms with Crippen LogP contribution in [-0.2, 0) is 4.74 Å². The van der Waals surface area contributed by atoms with Gasteiger partial charge in [-0.15, -0.1) is 6.42 Å². The average Bonchev–Trinajstić information content (AvgIpc) is 2.57. The van der Waals surface area contributed by atoms with Gasteiger partial charge in [-0.2, -0.15) is 0 Å². The Morgan fingerprint density at radius 2 is 2.47 bits per heavy atom. The molecule has 1 heterocycles. The second kappa shape index (κ2) is 5.94. The maximum atomic E-state index is 8.50. The molecule has 0 saturated heterocycles. The topological polar surface area (TPSA) is 48.3 Å². The maximum absolute atomic E-state index is 8.50. The Labute approximate surface area is 89.6 Å². The molecule has 0 aromatic rings. The normalized spacial score (nSPS) is 20.1. The summed E-state index contributed by atoms with van der Waals surface area (Å²) in [6, 6.07) is 0. The quantitative estimate of drug-likeness (QED) is 0.230. The van der Waals surface area contributed by atoms with E-state index in [-0.39, 0.29) is 6.17 Å². The lowest BCUT2D eigenvalue weighted by Gasteiger charge is -2.26. The molecule has 1 unspecified atom stereocenters. The summed E-state index contributed by atoms with van der Waals surface area (Å²) in [6.45, 7) is 1.59. The number of nitrogens with zero attached hydrogens (tertiary/aromatic N) is 3. The van der Waals surface area contributed by atoms with Gasteiger partial charge < -0.3 is 19.7 Å². The predicted molar refractivity (Wildman–Crippen MR) is 57.3 cm³/mol. The Bertz CT molecular complexity index is 283. The molecule has 5 heteroatoms. The summed E-state index contributed by atoms with van der Waals surface area (Å²) in [5.74, 6) is 2.40. The van der Waals surface area contributed by atoms with E-state index >= 15 is 0 Å². The summed E-state index contributed by atoms with van der Waals surface area (Å²) < 4.78 is 5.17. The van der Waals surface area contributed by atoms with Gasteiger partial charge in [-0.3, -0.25) is 0 Å². The maximum Gasteiger partial charge on any atom is 0.141 e. The molecule has 82 valence electrons. The minimum Gasteiger partial charge on any atom is -0.411 e. The molecule has 0 aliphatic carbocycles. The molecule has 0 aromatic carbocycles. The van der Waals surface area contributed by atoms with Gasteiger partial charge in [-0.25, -0.2) is 0 Å². The summed E-state index contributed by atoms with van der Waals surface area (Å²) in [5.41, 5.74) is 0. The molecular weight excluding hydrogens is 194 g/mol. The van der Waals surface area contributed by atoms with Gasteiger partial charge in [0.15, 0.2) is 0 Å². The van der Waals surface area contributed by atoms with Gasteiger partial charge in [0, 0.05) is 26.0 Å². The zero-order valence-corrected chi connectivity index (χ0v) is 8.71. The summed E-state index contributed by atoms with van der Waals surface area (Å²) >= 11 is 0. The predicted octanol–water partition coefficient (Wildman–Crippen LogP) is 0.141. The number of ether oxygens (including phenoxy) is 1. The molecule has 0 spiro atoms. The van der Waals surface area contributed by atoms with Crippen molar-refractivity contribution in [2.24, 2.45) is 5.16 Å². The van der Waals surface area contributed by atoms with E-state index in [4.69, 9.17) is 16.4 Å². The van der Waals surface area contributed by atoms with E-state index in [0.717, 1.165) is 0 Å². The molecule has 0 amide bonds. The van der Waals surface area contributed by atoms with Crippen molar-refractivity contribution in [1.29, 1.82) is 0 Å². The Morgan fingerprint density at radius 3 is 3.13 bits per heavy atom. The highest BCUT2D eigenvalue weighted by molar-refractivity contribution is 5.64. The van der Waals surface area contributed by atoms with Gasteiger partial charge in [0.1, 0.15) is 12.8 Å². The zero-order chi connectivity index (χ0) is 11.1. The van der Waals surface area contributed by atoms with Gasteiger partial charge >= 0.3 is 0 Å². The van der Waals surface area contributed by atoms with E-state index in [1.54, 1.807) is 0 Å². The van der Waals surface area contributed by atoms with Crippen LogP contribution in [0.1, 0.15) is 0 Å².